The Kier molecular flexibility index (Phi) is 8.10. The smallest absolute Gasteiger partial charge is 0.311 e. The van der Waals surface area contributed by atoms with Crippen LogP contribution in [0.25, 0.3) is 0 Å². The number of nitrogens with zero attached hydrogens (tertiary/aromatic N) is 2. The van der Waals surface area contributed by atoms with E-state index in [1.165, 1.54) is 0 Å². The summed E-state index contributed by atoms with van der Waals surface area (Å²) in [5.41, 5.74) is 0.728. The number of anilines is 1. The molecule has 39 heavy (non-hydrogen) atoms. The third kappa shape index (κ3) is 4.88. The number of allylic oxidation sites excluding steroid dienone is 1. The van der Waals surface area contributed by atoms with Crippen LogP contribution in [-0.2, 0) is 19.1 Å². The molecule has 210 valence electrons. The minimum absolute atomic E-state index is 0.0886. The molecule has 5 rings (SSSR count). The highest BCUT2D eigenvalue weighted by atomic mass is 32.2. The third-order valence-electron chi connectivity index (χ3n) is 8.44. The molecule has 5 atom stereocenters. The molecule has 1 aromatic rings. The summed E-state index contributed by atoms with van der Waals surface area (Å²) in [6.07, 6.45) is 12.8. The van der Waals surface area contributed by atoms with Crippen molar-refractivity contribution in [2.24, 2.45) is 11.8 Å². The molecule has 2 amide bonds. The Balaban J connectivity index is 1.58. The van der Waals surface area contributed by atoms with Gasteiger partial charge in [0.05, 0.1) is 30.3 Å². The fraction of sp³-hybridized carbons (Fsp3) is 0.567. The van der Waals surface area contributed by atoms with Crippen LogP contribution in [0.15, 0.2) is 48.6 Å². The van der Waals surface area contributed by atoms with E-state index in [1.54, 1.807) is 28.7 Å². The number of aliphatic hydroxyl groups excluding tert-OH is 1. The molecule has 0 aromatic heterocycles. The predicted molar refractivity (Wildman–Crippen MR) is 151 cm³/mol. The monoisotopic (exact) mass is 554 g/mol. The zero-order valence-electron chi connectivity index (χ0n) is 22.7. The van der Waals surface area contributed by atoms with Crippen molar-refractivity contribution in [1.29, 1.82) is 0 Å². The predicted octanol–water partition coefficient (Wildman–Crippen LogP) is 3.73. The van der Waals surface area contributed by atoms with Crippen molar-refractivity contribution in [3.8, 4) is 5.75 Å². The Hall–Kier alpha value is -2.78. The van der Waals surface area contributed by atoms with Crippen LogP contribution in [0.4, 0.5) is 5.69 Å². The summed E-state index contributed by atoms with van der Waals surface area (Å²) in [4.78, 5) is 45.8. The summed E-state index contributed by atoms with van der Waals surface area (Å²) in [5, 5.41) is 9.26. The first-order valence-electron chi connectivity index (χ1n) is 14.0. The van der Waals surface area contributed by atoms with E-state index in [1.807, 2.05) is 43.3 Å². The minimum Gasteiger partial charge on any atom is -0.497 e. The number of ether oxygens (including phenoxy) is 2. The van der Waals surface area contributed by atoms with Crippen molar-refractivity contribution in [1.82, 2.24) is 4.90 Å². The normalized spacial score (nSPS) is 33.2. The Morgan fingerprint density at radius 1 is 1.03 bits per heavy atom. The Bertz CT molecular complexity index is 1150. The SMILES string of the molecule is COc1ccc(N2CC=C[C@]34S[C@]5(C)/C=C\CCCCOC(=O)[C@@H]5[C@H]3C(=O)N(CCCCCO)C4C2=O)cc1. The van der Waals surface area contributed by atoms with Gasteiger partial charge in [-0.05, 0) is 69.7 Å². The highest BCUT2D eigenvalue weighted by molar-refractivity contribution is 8.02. The number of hydrogen-bond donors (Lipinski definition) is 1. The van der Waals surface area contributed by atoms with Gasteiger partial charge < -0.3 is 24.4 Å². The van der Waals surface area contributed by atoms with Crippen LogP contribution in [0.2, 0.25) is 0 Å². The Morgan fingerprint density at radius 3 is 2.56 bits per heavy atom. The van der Waals surface area contributed by atoms with Crippen molar-refractivity contribution in [2.75, 3.05) is 38.3 Å². The van der Waals surface area contributed by atoms with Crippen LogP contribution in [0.3, 0.4) is 0 Å². The maximum absolute atomic E-state index is 14.5. The van der Waals surface area contributed by atoms with Gasteiger partial charge in [-0.2, -0.15) is 0 Å². The highest BCUT2D eigenvalue weighted by Crippen LogP contribution is 2.65. The largest absolute Gasteiger partial charge is 0.497 e. The molecule has 4 aliphatic heterocycles. The van der Waals surface area contributed by atoms with Crippen LogP contribution in [0, 0.1) is 11.8 Å². The van der Waals surface area contributed by atoms with Crippen molar-refractivity contribution >= 4 is 35.2 Å². The number of carbonyl (C=O) groups excluding carboxylic acids is 3. The van der Waals surface area contributed by atoms with Gasteiger partial charge in [-0.25, -0.2) is 0 Å². The van der Waals surface area contributed by atoms with Gasteiger partial charge >= 0.3 is 5.97 Å². The number of rotatable bonds is 7. The fourth-order valence-corrected chi connectivity index (χ4v) is 8.76. The molecule has 2 fully saturated rings. The number of hydrogen-bond acceptors (Lipinski definition) is 7. The van der Waals surface area contributed by atoms with Crippen molar-refractivity contribution < 1.29 is 29.0 Å². The number of aliphatic hydroxyl groups is 1. The second-order valence-electron chi connectivity index (χ2n) is 10.9. The van der Waals surface area contributed by atoms with Gasteiger partial charge in [-0.15, -0.1) is 11.8 Å². The highest BCUT2D eigenvalue weighted by Gasteiger charge is 2.73. The lowest BCUT2D eigenvalue weighted by molar-refractivity contribution is -0.154. The lowest BCUT2D eigenvalue weighted by Crippen LogP contribution is -2.53. The molecule has 1 aromatic carbocycles. The maximum atomic E-state index is 14.5. The quantitative estimate of drug-likeness (QED) is 0.312. The first-order valence-corrected chi connectivity index (χ1v) is 14.8. The van der Waals surface area contributed by atoms with Crippen LogP contribution < -0.4 is 9.64 Å². The van der Waals surface area contributed by atoms with Gasteiger partial charge in [0, 0.05) is 30.1 Å². The van der Waals surface area contributed by atoms with Gasteiger partial charge in [0.15, 0.2) is 0 Å². The number of methoxy groups -OCH3 is 1. The zero-order chi connectivity index (χ0) is 27.6. The van der Waals surface area contributed by atoms with Crippen molar-refractivity contribution in [3.05, 3.63) is 48.6 Å². The van der Waals surface area contributed by atoms with E-state index < -0.39 is 27.4 Å². The van der Waals surface area contributed by atoms with Crippen LogP contribution in [0.1, 0.15) is 45.4 Å². The van der Waals surface area contributed by atoms with E-state index in [0.717, 1.165) is 31.4 Å². The second kappa shape index (κ2) is 11.4. The molecule has 2 saturated heterocycles. The molecule has 0 bridgehead atoms. The average Bonchev–Trinajstić information content (AvgIpc) is 3.25. The first kappa shape index (κ1) is 27.8. The summed E-state index contributed by atoms with van der Waals surface area (Å²) in [6, 6.07) is 6.59. The van der Waals surface area contributed by atoms with E-state index in [4.69, 9.17) is 9.47 Å². The molecule has 1 N–H and O–H groups in total. The van der Waals surface area contributed by atoms with Crippen LogP contribution in [0.5, 0.6) is 5.75 Å². The summed E-state index contributed by atoms with van der Waals surface area (Å²) < 4.78 is 9.45. The van der Waals surface area contributed by atoms with Gasteiger partial charge in [-0.3, -0.25) is 14.4 Å². The van der Waals surface area contributed by atoms with E-state index in [9.17, 15) is 19.5 Å². The number of likely N-dealkylation sites (tertiary alicyclic amines) is 1. The number of esters is 1. The molecular weight excluding hydrogens is 516 g/mol. The molecule has 1 spiro atoms. The molecule has 9 heteroatoms. The molecular formula is C30H38N2O6S. The lowest BCUT2D eigenvalue weighted by Gasteiger charge is -2.37. The van der Waals surface area contributed by atoms with Crippen LogP contribution >= 0.6 is 11.8 Å². The Morgan fingerprint density at radius 2 is 1.82 bits per heavy atom. The van der Waals surface area contributed by atoms with Gasteiger partial charge in [0.25, 0.3) is 5.91 Å². The molecule has 4 heterocycles. The minimum atomic E-state index is -0.900. The maximum Gasteiger partial charge on any atom is 0.311 e. The van der Waals surface area contributed by atoms with E-state index in [0.29, 0.717) is 38.3 Å². The topological polar surface area (TPSA) is 96.4 Å². The van der Waals surface area contributed by atoms with E-state index >= 15 is 0 Å². The number of amides is 2. The molecule has 8 nitrogen and oxygen atoms in total. The number of fused-ring (bicyclic) bond motifs is 2. The molecule has 1 unspecified atom stereocenters. The van der Waals surface area contributed by atoms with E-state index in [2.05, 4.69) is 12.2 Å². The van der Waals surface area contributed by atoms with E-state index in [-0.39, 0.29) is 24.4 Å². The number of thioether (sulfide) groups is 1. The fourth-order valence-electron chi connectivity index (χ4n) is 6.60. The van der Waals surface area contributed by atoms with Crippen molar-refractivity contribution in [2.45, 2.75) is 61.0 Å². The van der Waals surface area contributed by atoms with Gasteiger partial charge in [-0.1, -0.05) is 24.3 Å². The molecule has 0 radical (unpaired) electrons. The summed E-state index contributed by atoms with van der Waals surface area (Å²) in [7, 11) is 1.60. The summed E-state index contributed by atoms with van der Waals surface area (Å²) >= 11 is 1.57. The summed E-state index contributed by atoms with van der Waals surface area (Å²) in [5.74, 6) is -1.38. The zero-order valence-corrected chi connectivity index (χ0v) is 23.5. The average molecular weight is 555 g/mol. The Labute approximate surface area is 234 Å². The van der Waals surface area contributed by atoms with Gasteiger partial charge in [0.2, 0.25) is 5.91 Å². The van der Waals surface area contributed by atoms with Crippen molar-refractivity contribution in [3.63, 3.8) is 0 Å². The molecule has 0 aliphatic carbocycles. The number of cyclic esters (lactones) is 1. The summed E-state index contributed by atoms with van der Waals surface area (Å²) in [6.45, 7) is 3.20. The first-order chi connectivity index (χ1) is 18.9. The molecule has 0 saturated carbocycles. The standard InChI is InChI=1S/C30H38N2O6S/c1-29-15-6-3-4-9-20-38-28(36)24(29)23-26(34)32(17-7-5-8-19-33)25-27(35)31(18-10-16-30(23,25)39-29)21-11-13-22(37-2)14-12-21/h6,10-16,23-25,33H,3-5,7-9,17-20H2,1-2H3/b15-6-/t23-,24-,25?,29+,30-/m0/s1. The lowest BCUT2D eigenvalue weighted by atomic mass is 9.74. The van der Waals surface area contributed by atoms with Crippen LogP contribution in [-0.4, -0.2) is 76.7 Å². The number of carbonyl (C=O) groups is 3. The second-order valence-corrected chi connectivity index (χ2v) is 12.7. The number of unbranched alkanes of at least 4 members (excludes halogenated alkanes) is 2. The molecule has 4 aliphatic rings. The third-order valence-corrected chi connectivity index (χ3v) is 10.2. The number of benzene rings is 1. The van der Waals surface area contributed by atoms with Gasteiger partial charge in [0.1, 0.15) is 11.8 Å².